The summed E-state index contributed by atoms with van der Waals surface area (Å²) in [5, 5.41) is 3.21. The van der Waals surface area contributed by atoms with E-state index in [0.29, 0.717) is 16.4 Å². The molecule has 0 heterocycles. The van der Waals surface area contributed by atoms with E-state index in [2.05, 4.69) is 5.32 Å². The quantitative estimate of drug-likeness (QED) is 0.358. The van der Waals surface area contributed by atoms with Gasteiger partial charge in [-0.2, -0.15) is 0 Å². The fourth-order valence-corrected chi connectivity index (χ4v) is 5.70. The summed E-state index contributed by atoms with van der Waals surface area (Å²) >= 11 is 12.7. The highest BCUT2D eigenvalue weighted by molar-refractivity contribution is 7.92. The molecule has 1 N–H and O–H groups in total. The predicted octanol–water partition coefficient (Wildman–Crippen LogP) is 5.19. The van der Waals surface area contributed by atoms with Crippen molar-refractivity contribution in [1.82, 2.24) is 10.2 Å². The highest BCUT2D eigenvalue weighted by atomic mass is 35.5. The van der Waals surface area contributed by atoms with Gasteiger partial charge in [-0.1, -0.05) is 59.1 Å². The van der Waals surface area contributed by atoms with Crippen LogP contribution in [-0.2, 0) is 26.2 Å². The molecule has 202 valence electrons. The fraction of sp³-hybridized carbons (Fsp3) is 0.259. The second-order valence-electron chi connectivity index (χ2n) is 8.57. The number of sulfonamides is 1. The molecule has 0 saturated heterocycles. The van der Waals surface area contributed by atoms with Crippen LogP contribution in [0.25, 0.3) is 0 Å². The Kier molecular flexibility index (Phi) is 9.76. The number of para-hydroxylation sites is 1. The summed E-state index contributed by atoms with van der Waals surface area (Å²) in [6, 6.07) is 15.1. The molecular weight excluding hydrogens is 552 g/mol. The number of nitrogens with zero attached hydrogens (tertiary/aromatic N) is 2. The van der Waals surface area contributed by atoms with Gasteiger partial charge in [0.15, 0.2) is 0 Å². The van der Waals surface area contributed by atoms with Gasteiger partial charge in [0.1, 0.15) is 18.4 Å². The molecule has 7 nitrogen and oxygen atoms in total. The fourth-order valence-electron chi connectivity index (χ4n) is 3.76. The number of aryl methyl sites for hydroxylation is 1. The Hall–Kier alpha value is -3.14. The highest BCUT2D eigenvalue weighted by Crippen LogP contribution is 2.29. The summed E-state index contributed by atoms with van der Waals surface area (Å²) in [5.41, 5.74) is 0.915. The molecule has 0 aliphatic carbocycles. The van der Waals surface area contributed by atoms with E-state index in [1.807, 2.05) is 0 Å². The minimum Gasteiger partial charge on any atom is -0.355 e. The van der Waals surface area contributed by atoms with Crippen LogP contribution >= 0.6 is 23.2 Å². The molecule has 0 saturated carbocycles. The van der Waals surface area contributed by atoms with Crippen molar-refractivity contribution < 1.29 is 22.4 Å². The zero-order valence-electron chi connectivity index (χ0n) is 21.1. The zero-order valence-corrected chi connectivity index (χ0v) is 23.4. The summed E-state index contributed by atoms with van der Waals surface area (Å²) in [4.78, 5) is 27.6. The maximum atomic E-state index is 14.9. The lowest BCUT2D eigenvalue weighted by molar-refractivity contribution is -0.139. The maximum absolute atomic E-state index is 14.9. The number of hydrogen-bond acceptors (Lipinski definition) is 4. The first-order chi connectivity index (χ1) is 18.0. The van der Waals surface area contributed by atoms with E-state index in [1.54, 1.807) is 44.2 Å². The lowest BCUT2D eigenvalue weighted by Crippen LogP contribution is -2.51. The normalized spacial score (nSPS) is 12.1. The van der Waals surface area contributed by atoms with E-state index in [-0.39, 0.29) is 27.2 Å². The summed E-state index contributed by atoms with van der Waals surface area (Å²) in [6.45, 7) is 4.41. The molecule has 0 unspecified atom stereocenters. The molecule has 0 spiro atoms. The first kappa shape index (κ1) is 29.4. The van der Waals surface area contributed by atoms with E-state index >= 15 is 0 Å². The molecule has 38 heavy (non-hydrogen) atoms. The molecule has 3 rings (SSSR count). The number of benzene rings is 3. The van der Waals surface area contributed by atoms with E-state index in [4.69, 9.17) is 23.2 Å². The Morgan fingerprint density at radius 1 is 0.974 bits per heavy atom. The molecular formula is C27H28Cl2FN3O4S. The average Bonchev–Trinajstić information content (AvgIpc) is 2.87. The molecule has 3 aromatic carbocycles. The van der Waals surface area contributed by atoms with Crippen LogP contribution in [0, 0.1) is 12.7 Å². The second kappa shape index (κ2) is 12.6. The first-order valence-corrected chi connectivity index (χ1v) is 14.0. The van der Waals surface area contributed by atoms with Gasteiger partial charge in [-0.25, -0.2) is 12.8 Å². The highest BCUT2D eigenvalue weighted by Gasteiger charge is 2.34. The third-order valence-electron chi connectivity index (χ3n) is 5.92. The van der Waals surface area contributed by atoms with Crippen molar-refractivity contribution in [3.8, 4) is 0 Å². The third kappa shape index (κ3) is 6.64. The third-order valence-corrected chi connectivity index (χ3v) is 8.40. The van der Waals surface area contributed by atoms with Gasteiger partial charge >= 0.3 is 0 Å². The molecule has 0 bridgehead atoms. The molecule has 0 aliphatic heterocycles. The topological polar surface area (TPSA) is 86.8 Å². The van der Waals surface area contributed by atoms with Crippen molar-refractivity contribution in [2.45, 2.75) is 38.3 Å². The van der Waals surface area contributed by atoms with Gasteiger partial charge in [-0.05, 0) is 57.2 Å². The first-order valence-electron chi connectivity index (χ1n) is 11.8. The SMILES string of the molecule is CCNC(=O)[C@@H](C)N(Cc1c(Cl)cccc1Cl)C(=O)CN(c1ccccc1F)S(=O)(=O)c1ccc(C)cc1. The molecule has 0 aliphatic rings. The number of anilines is 1. The van der Waals surface area contributed by atoms with Crippen LogP contribution in [0.1, 0.15) is 25.0 Å². The number of amides is 2. The molecule has 0 aromatic heterocycles. The lowest BCUT2D eigenvalue weighted by atomic mass is 10.1. The molecule has 0 radical (unpaired) electrons. The summed E-state index contributed by atoms with van der Waals surface area (Å²) in [7, 11) is -4.37. The van der Waals surface area contributed by atoms with Crippen LogP contribution in [0.5, 0.6) is 0 Å². The molecule has 0 fully saturated rings. The van der Waals surface area contributed by atoms with Crippen molar-refractivity contribution in [2.75, 3.05) is 17.4 Å². The number of likely N-dealkylation sites (N-methyl/N-ethyl adjacent to an activating group) is 1. The molecule has 2 amide bonds. The lowest BCUT2D eigenvalue weighted by Gasteiger charge is -2.32. The predicted molar refractivity (Wildman–Crippen MR) is 147 cm³/mol. The number of carbonyl (C=O) groups is 2. The Labute approximate surface area is 232 Å². The van der Waals surface area contributed by atoms with Crippen LogP contribution in [0.2, 0.25) is 10.0 Å². The van der Waals surface area contributed by atoms with E-state index < -0.39 is 40.2 Å². The van der Waals surface area contributed by atoms with Gasteiger partial charge in [0.2, 0.25) is 11.8 Å². The average molecular weight is 581 g/mol. The Morgan fingerprint density at radius 3 is 2.16 bits per heavy atom. The minimum atomic E-state index is -4.37. The van der Waals surface area contributed by atoms with E-state index in [1.165, 1.54) is 42.2 Å². The maximum Gasteiger partial charge on any atom is 0.264 e. The minimum absolute atomic E-state index is 0.114. The van der Waals surface area contributed by atoms with Crippen molar-refractivity contribution in [3.05, 3.63) is 93.7 Å². The van der Waals surface area contributed by atoms with Gasteiger partial charge in [-0.3, -0.25) is 13.9 Å². The number of hydrogen-bond donors (Lipinski definition) is 1. The Balaban J connectivity index is 2.08. The Bertz CT molecular complexity index is 1400. The van der Waals surface area contributed by atoms with Crippen molar-refractivity contribution >= 4 is 50.7 Å². The number of rotatable bonds is 10. The molecule has 11 heteroatoms. The van der Waals surface area contributed by atoms with Gasteiger partial charge in [0, 0.05) is 28.7 Å². The van der Waals surface area contributed by atoms with E-state index in [9.17, 15) is 22.4 Å². The van der Waals surface area contributed by atoms with Crippen molar-refractivity contribution in [2.24, 2.45) is 0 Å². The molecule has 1 atom stereocenters. The summed E-state index contributed by atoms with van der Waals surface area (Å²) in [6.07, 6.45) is 0. The Morgan fingerprint density at radius 2 is 1.58 bits per heavy atom. The number of carbonyl (C=O) groups excluding carboxylic acids is 2. The smallest absolute Gasteiger partial charge is 0.264 e. The van der Waals surface area contributed by atoms with Gasteiger partial charge in [0.05, 0.1) is 10.6 Å². The van der Waals surface area contributed by atoms with Gasteiger partial charge in [0.25, 0.3) is 10.0 Å². The molecule has 3 aromatic rings. The van der Waals surface area contributed by atoms with Crippen LogP contribution < -0.4 is 9.62 Å². The monoisotopic (exact) mass is 579 g/mol. The van der Waals surface area contributed by atoms with Crippen LogP contribution in [0.15, 0.2) is 71.6 Å². The van der Waals surface area contributed by atoms with Gasteiger partial charge in [-0.15, -0.1) is 0 Å². The number of nitrogens with one attached hydrogen (secondary N) is 1. The van der Waals surface area contributed by atoms with Crippen LogP contribution in [-0.4, -0.2) is 44.3 Å². The summed E-state index contributed by atoms with van der Waals surface area (Å²) < 4.78 is 43.0. The summed E-state index contributed by atoms with van der Waals surface area (Å²) in [5.74, 6) is -2.03. The van der Waals surface area contributed by atoms with E-state index in [0.717, 1.165) is 11.6 Å². The van der Waals surface area contributed by atoms with Crippen molar-refractivity contribution in [3.63, 3.8) is 0 Å². The zero-order chi connectivity index (χ0) is 28.0. The standard InChI is InChI=1S/C27H28Cl2FN3O4S/c1-4-31-27(35)19(3)32(16-21-22(28)8-7-9-23(21)29)26(34)17-33(25-11-6-5-10-24(25)30)38(36,37)20-14-12-18(2)13-15-20/h5-15,19H,4,16-17H2,1-3H3,(H,31,35)/t19-/m1/s1. The van der Waals surface area contributed by atoms with Gasteiger partial charge < -0.3 is 10.2 Å². The van der Waals surface area contributed by atoms with Crippen LogP contribution in [0.3, 0.4) is 0 Å². The second-order valence-corrected chi connectivity index (χ2v) is 11.2. The largest absolute Gasteiger partial charge is 0.355 e. The van der Waals surface area contributed by atoms with Crippen LogP contribution in [0.4, 0.5) is 10.1 Å². The van der Waals surface area contributed by atoms with Crippen molar-refractivity contribution in [1.29, 1.82) is 0 Å². The number of halogens is 3.